The topological polar surface area (TPSA) is 45.2 Å². The van der Waals surface area contributed by atoms with Crippen LogP contribution in [-0.4, -0.2) is 28.9 Å². The van der Waals surface area contributed by atoms with Gasteiger partial charge in [0.1, 0.15) is 0 Å². The lowest BCUT2D eigenvalue weighted by molar-refractivity contribution is 0.0725. The fourth-order valence-corrected chi connectivity index (χ4v) is 3.96. The largest absolute Gasteiger partial charge is 0.377 e. The number of hydrogen-bond acceptors (Lipinski definition) is 3. The van der Waals surface area contributed by atoms with E-state index in [0.717, 1.165) is 48.1 Å². The number of amides is 1. The van der Waals surface area contributed by atoms with Crippen LogP contribution >= 0.6 is 11.6 Å². The van der Waals surface area contributed by atoms with E-state index in [1.807, 2.05) is 41.3 Å². The van der Waals surface area contributed by atoms with Crippen molar-refractivity contribution in [3.63, 3.8) is 0 Å². The third-order valence-electron chi connectivity index (χ3n) is 5.36. The van der Waals surface area contributed by atoms with Crippen molar-refractivity contribution >= 4 is 34.1 Å². The highest BCUT2D eigenvalue weighted by atomic mass is 35.5. The van der Waals surface area contributed by atoms with Gasteiger partial charge >= 0.3 is 0 Å². The highest BCUT2D eigenvalue weighted by Crippen LogP contribution is 2.32. The van der Waals surface area contributed by atoms with Crippen molar-refractivity contribution in [2.24, 2.45) is 0 Å². The quantitative estimate of drug-likeness (QED) is 0.619. The van der Waals surface area contributed by atoms with Crippen LogP contribution in [0.15, 0.2) is 54.7 Å². The predicted molar refractivity (Wildman–Crippen MR) is 115 cm³/mol. The summed E-state index contributed by atoms with van der Waals surface area (Å²) in [7, 11) is 0. The zero-order valence-electron chi connectivity index (χ0n) is 16.0. The molecule has 0 saturated carbocycles. The van der Waals surface area contributed by atoms with Crippen molar-refractivity contribution < 1.29 is 4.79 Å². The molecule has 1 unspecified atom stereocenters. The molecule has 1 atom stereocenters. The third-order valence-corrected chi connectivity index (χ3v) is 5.60. The molecular weight excluding hydrogens is 370 g/mol. The van der Waals surface area contributed by atoms with E-state index in [4.69, 9.17) is 11.6 Å². The number of rotatable bonds is 4. The molecule has 1 saturated heterocycles. The molecule has 0 bridgehead atoms. The summed E-state index contributed by atoms with van der Waals surface area (Å²) in [5, 5.41) is 5.08. The number of anilines is 1. The summed E-state index contributed by atoms with van der Waals surface area (Å²) >= 11 is 6.27. The minimum absolute atomic E-state index is 0.0387. The summed E-state index contributed by atoms with van der Waals surface area (Å²) in [5.74, 6) is 0.0387. The standard InChI is InChI=1S/C23H24ClN3O/c1-16(17-8-4-2-5-9-17)26-22-19-14-18(24)10-11-21(19)25-15-20(22)23(28)27-12-6-3-7-13-27/h2,4-5,8-11,14-16H,3,6-7,12-13H2,1H3,(H,25,26). The van der Waals surface area contributed by atoms with E-state index in [1.165, 1.54) is 6.42 Å². The number of nitrogens with one attached hydrogen (secondary N) is 1. The maximum absolute atomic E-state index is 13.3. The number of likely N-dealkylation sites (tertiary alicyclic amines) is 1. The number of halogens is 1. The van der Waals surface area contributed by atoms with Crippen LogP contribution in [-0.2, 0) is 0 Å². The number of fused-ring (bicyclic) bond motifs is 1. The van der Waals surface area contributed by atoms with Crippen LogP contribution in [0.25, 0.3) is 10.9 Å². The summed E-state index contributed by atoms with van der Waals surface area (Å²) < 4.78 is 0. The molecule has 1 fully saturated rings. The van der Waals surface area contributed by atoms with Gasteiger partial charge in [-0.15, -0.1) is 0 Å². The predicted octanol–water partition coefficient (Wildman–Crippen LogP) is 5.69. The number of hydrogen-bond donors (Lipinski definition) is 1. The molecule has 0 spiro atoms. The van der Waals surface area contributed by atoms with E-state index in [1.54, 1.807) is 6.20 Å². The van der Waals surface area contributed by atoms with Gasteiger partial charge in [-0.1, -0.05) is 41.9 Å². The minimum Gasteiger partial charge on any atom is -0.377 e. The van der Waals surface area contributed by atoms with Gasteiger partial charge < -0.3 is 10.2 Å². The molecule has 2 aromatic carbocycles. The third kappa shape index (κ3) is 3.83. The molecular formula is C23H24ClN3O. The second-order valence-corrected chi connectivity index (χ2v) is 7.77. The molecule has 0 radical (unpaired) electrons. The Kier molecular flexibility index (Phi) is 5.49. The van der Waals surface area contributed by atoms with Gasteiger partial charge in [0, 0.05) is 35.7 Å². The maximum Gasteiger partial charge on any atom is 0.257 e. The summed E-state index contributed by atoms with van der Waals surface area (Å²) in [6.07, 6.45) is 5.00. The van der Waals surface area contributed by atoms with Gasteiger partial charge in [0.25, 0.3) is 5.91 Å². The number of piperidine rings is 1. The van der Waals surface area contributed by atoms with E-state index in [-0.39, 0.29) is 11.9 Å². The Morgan fingerprint density at radius 1 is 1.11 bits per heavy atom. The Hall–Kier alpha value is -2.59. The molecule has 4 rings (SSSR count). The van der Waals surface area contributed by atoms with Gasteiger partial charge in [0.05, 0.1) is 16.8 Å². The average molecular weight is 394 g/mol. The van der Waals surface area contributed by atoms with Crippen LogP contribution in [0.2, 0.25) is 5.02 Å². The van der Waals surface area contributed by atoms with E-state index in [9.17, 15) is 4.79 Å². The Labute approximate surface area is 170 Å². The van der Waals surface area contributed by atoms with Gasteiger partial charge in [-0.25, -0.2) is 0 Å². The number of nitrogens with zero attached hydrogens (tertiary/aromatic N) is 2. The van der Waals surface area contributed by atoms with Crippen LogP contribution in [0.3, 0.4) is 0 Å². The highest BCUT2D eigenvalue weighted by Gasteiger charge is 2.23. The first-order valence-corrected chi connectivity index (χ1v) is 10.2. The molecule has 4 nitrogen and oxygen atoms in total. The lowest BCUT2D eigenvalue weighted by Crippen LogP contribution is -2.36. The zero-order valence-corrected chi connectivity index (χ0v) is 16.7. The highest BCUT2D eigenvalue weighted by molar-refractivity contribution is 6.31. The zero-order chi connectivity index (χ0) is 19.5. The van der Waals surface area contributed by atoms with Crippen molar-refractivity contribution in [2.75, 3.05) is 18.4 Å². The van der Waals surface area contributed by atoms with Crippen LogP contribution < -0.4 is 5.32 Å². The van der Waals surface area contributed by atoms with Crippen molar-refractivity contribution in [3.8, 4) is 0 Å². The lowest BCUT2D eigenvalue weighted by Gasteiger charge is -2.28. The summed E-state index contributed by atoms with van der Waals surface area (Å²) in [6.45, 7) is 3.71. The number of benzene rings is 2. The van der Waals surface area contributed by atoms with E-state index < -0.39 is 0 Å². The maximum atomic E-state index is 13.3. The van der Waals surface area contributed by atoms with Gasteiger partial charge in [0.2, 0.25) is 0 Å². The van der Waals surface area contributed by atoms with E-state index >= 15 is 0 Å². The molecule has 1 N–H and O–H groups in total. The first-order valence-electron chi connectivity index (χ1n) is 9.82. The van der Waals surface area contributed by atoms with Crippen LogP contribution in [0.4, 0.5) is 5.69 Å². The van der Waals surface area contributed by atoms with Crippen molar-refractivity contribution in [2.45, 2.75) is 32.2 Å². The number of pyridine rings is 1. The number of carbonyl (C=O) groups excluding carboxylic acids is 1. The van der Waals surface area contributed by atoms with Gasteiger partial charge in [-0.3, -0.25) is 9.78 Å². The first kappa shape index (κ1) is 18.8. The average Bonchev–Trinajstić information content (AvgIpc) is 2.75. The van der Waals surface area contributed by atoms with Crippen molar-refractivity contribution in [1.29, 1.82) is 0 Å². The van der Waals surface area contributed by atoms with Crippen molar-refractivity contribution in [1.82, 2.24) is 9.88 Å². The molecule has 3 aromatic rings. The molecule has 144 valence electrons. The fraction of sp³-hybridized carbons (Fsp3) is 0.304. The van der Waals surface area contributed by atoms with Gasteiger partial charge in [-0.2, -0.15) is 0 Å². The second kappa shape index (κ2) is 8.19. The Bertz CT molecular complexity index is 984. The summed E-state index contributed by atoms with van der Waals surface area (Å²) in [6, 6.07) is 15.9. The normalized spacial score (nSPS) is 15.4. The lowest BCUT2D eigenvalue weighted by atomic mass is 10.0. The smallest absolute Gasteiger partial charge is 0.257 e. The molecule has 28 heavy (non-hydrogen) atoms. The van der Waals surface area contributed by atoms with Crippen molar-refractivity contribution in [3.05, 3.63) is 70.9 Å². The molecule has 0 aliphatic carbocycles. The SMILES string of the molecule is CC(Nc1c(C(=O)N2CCCCC2)cnc2ccc(Cl)cc12)c1ccccc1. The van der Waals surface area contributed by atoms with Crippen LogP contribution in [0, 0.1) is 0 Å². The Morgan fingerprint density at radius 3 is 2.61 bits per heavy atom. The van der Waals surface area contributed by atoms with Crippen LogP contribution in [0.5, 0.6) is 0 Å². The molecule has 1 aliphatic heterocycles. The first-order chi connectivity index (χ1) is 13.6. The molecule has 5 heteroatoms. The fourth-order valence-electron chi connectivity index (χ4n) is 3.79. The van der Waals surface area contributed by atoms with Gasteiger partial charge in [0.15, 0.2) is 0 Å². The Morgan fingerprint density at radius 2 is 1.86 bits per heavy atom. The van der Waals surface area contributed by atoms with E-state index in [2.05, 4.69) is 29.4 Å². The number of carbonyl (C=O) groups is 1. The van der Waals surface area contributed by atoms with Crippen LogP contribution in [0.1, 0.15) is 48.1 Å². The molecule has 1 aliphatic rings. The number of aromatic nitrogens is 1. The summed E-state index contributed by atoms with van der Waals surface area (Å²) in [5.41, 5.74) is 3.40. The molecule has 1 aromatic heterocycles. The second-order valence-electron chi connectivity index (χ2n) is 7.34. The molecule has 1 amide bonds. The molecule has 2 heterocycles. The minimum atomic E-state index is 0.0387. The summed E-state index contributed by atoms with van der Waals surface area (Å²) in [4.78, 5) is 19.8. The van der Waals surface area contributed by atoms with Gasteiger partial charge in [-0.05, 0) is 49.9 Å². The monoisotopic (exact) mass is 393 g/mol. The Balaban J connectivity index is 1.78. The van der Waals surface area contributed by atoms with E-state index in [0.29, 0.717) is 10.6 Å².